The maximum atomic E-state index is 12.3. The summed E-state index contributed by atoms with van der Waals surface area (Å²) >= 11 is 0. The highest BCUT2D eigenvalue weighted by molar-refractivity contribution is 5.76. The predicted octanol–water partition coefficient (Wildman–Crippen LogP) is 12.4. The van der Waals surface area contributed by atoms with E-state index in [9.17, 15) is 15.0 Å². The summed E-state index contributed by atoms with van der Waals surface area (Å²) in [7, 11) is 0. The van der Waals surface area contributed by atoms with Crippen LogP contribution < -0.4 is 5.32 Å². The molecule has 0 spiro atoms. The molecule has 0 aromatic rings. The largest absolute Gasteiger partial charge is 0.394 e. The second-order valence-corrected chi connectivity index (χ2v) is 13.7. The van der Waals surface area contributed by atoms with Gasteiger partial charge in [-0.05, 0) is 38.5 Å². The summed E-state index contributed by atoms with van der Waals surface area (Å²) in [5.74, 6) is -0.111. The van der Waals surface area contributed by atoms with Crippen LogP contribution in [-0.2, 0) is 4.79 Å². The lowest BCUT2D eigenvalue weighted by molar-refractivity contribution is -0.123. The monoisotopic (exact) mass is 658 g/mol. The molecule has 0 saturated heterocycles. The second kappa shape index (κ2) is 38.8. The summed E-state index contributed by atoms with van der Waals surface area (Å²) in [6.07, 6.45) is 52.0. The van der Waals surface area contributed by atoms with Crippen molar-refractivity contribution < 1.29 is 15.0 Å². The van der Waals surface area contributed by atoms with Crippen molar-refractivity contribution in [2.24, 2.45) is 0 Å². The van der Waals surface area contributed by atoms with Gasteiger partial charge in [-0.2, -0.15) is 0 Å². The van der Waals surface area contributed by atoms with E-state index in [1.165, 1.54) is 128 Å². The minimum Gasteiger partial charge on any atom is -0.394 e. The Morgan fingerprint density at radius 3 is 1.28 bits per heavy atom. The Bertz CT molecular complexity index is 756. The number of hydrogen-bond donors (Lipinski definition) is 3. The van der Waals surface area contributed by atoms with Gasteiger partial charge in [0.1, 0.15) is 0 Å². The summed E-state index contributed by atoms with van der Waals surface area (Å²) in [6.45, 7) is 4.21. The molecule has 0 saturated carbocycles. The fourth-order valence-corrected chi connectivity index (χ4v) is 6.02. The van der Waals surface area contributed by atoms with Gasteiger partial charge in [-0.3, -0.25) is 4.79 Å². The molecule has 2 unspecified atom stereocenters. The zero-order chi connectivity index (χ0) is 34.3. The topological polar surface area (TPSA) is 69.6 Å². The second-order valence-electron chi connectivity index (χ2n) is 13.7. The number of carbonyl (C=O) groups excluding carboxylic acids is 1. The predicted molar refractivity (Wildman–Crippen MR) is 207 cm³/mol. The molecule has 47 heavy (non-hydrogen) atoms. The molecule has 0 bridgehead atoms. The van der Waals surface area contributed by atoms with E-state index in [4.69, 9.17) is 0 Å². The van der Waals surface area contributed by atoms with E-state index in [1.54, 1.807) is 0 Å². The van der Waals surface area contributed by atoms with Gasteiger partial charge in [0.25, 0.3) is 0 Å². The number of carbonyl (C=O) groups is 1. The van der Waals surface area contributed by atoms with Gasteiger partial charge in [-0.1, -0.05) is 204 Å². The molecule has 2 atom stereocenters. The third-order valence-electron chi connectivity index (χ3n) is 9.12. The van der Waals surface area contributed by atoms with Crippen molar-refractivity contribution in [2.45, 2.75) is 212 Å². The third kappa shape index (κ3) is 35.5. The first-order chi connectivity index (χ1) is 23.2. The maximum Gasteiger partial charge on any atom is 0.220 e. The molecule has 3 N–H and O–H groups in total. The lowest BCUT2D eigenvalue weighted by Crippen LogP contribution is -2.45. The summed E-state index contributed by atoms with van der Waals surface area (Å²) in [6, 6.07) is -0.574. The summed E-state index contributed by atoms with van der Waals surface area (Å²) in [5.41, 5.74) is 0. The average Bonchev–Trinajstić information content (AvgIpc) is 3.07. The van der Waals surface area contributed by atoms with Crippen molar-refractivity contribution in [3.05, 3.63) is 48.6 Å². The lowest BCUT2D eigenvalue weighted by Gasteiger charge is -2.22. The normalized spacial score (nSPS) is 13.5. The number of hydrogen-bond acceptors (Lipinski definition) is 3. The molecular formula is C43H79NO3. The fourth-order valence-electron chi connectivity index (χ4n) is 6.02. The molecule has 4 heteroatoms. The number of nitrogens with one attached hydrogen (secondary N) is 1. The first kappa shape index (κ1) is 45.3. The fraction of sp³-hybridized carbons (Fsp3) is 0.791. The van der Waals surface area contributed by atoms with Crippen LogP contribution in [0.5, 0.6) is 0 Å². The van der Waals surface area contributed by atoms with Crippen molar-refractivity contribution in [1.82, 2.24) is 5.32 Å². The first-order valence-electron chi connectivity index (χ1n) is 20.3. The van der Waals surface area contributed by atoms with E-state index < -0.39 is 12.1 Å². The Morgan fingerprint density at radius 2 is 0.894 bits per heavy atom. The van der Waals surface area contributed by atoms with E-state index in [2.05, 4.69) is 61.7 Å². The third-order valence-corrected chi connectivity index (χ3v) is 9.12. The number of rotatable bonds is 36. The highest BCUT2D eigenvalue weighted by Gasteiger charge is 2.19. The van der Waals surface area contributed by atoms with E-state index in [1.807, 2.05) is 6.08 Å². The van der Waals surface area contributed by atoms with Gasteiger partial charge in [0.15, 0.2) is 0 Å². The number of aliphatic hydroxyl groups excluding tert-OH is 2. The van der Waals surface area contributed by atoms with Gasteiger partial charge in [0.05, 0.1) is 18.8 Å². The molecule has 0 aliphatic heterocycles. The molecular weight excluding hydrogens is 578 g/mol. The van der Waals surface area contributed by atoms with Crippen LogP contribution in [0.25, 0.3) is 0 Å². The molecule has 0 aromatic carbocycles. The zero-order valence-electron chi connectivity index (χ0n) is 31.3. The molecule has 1 amide bonds. The minimum absolute atomic E-state index is 0.111. The Balaban J connectivity index is 3.57. The molecule has 0 rings (SSSR count). The SMILES string of the molecule is CC/C=C\C/C=C\C/C=C\C/C=C\CCC(=O)NC(CO)C(O)CCCCCCCCCCCCCCCCCCCCCCCC. The van der Waals surface area contributed by atoms with Crippen molar-refractivity contribution in [1.29, 1.82) is 0 Å². The van der Waals surface area contributed by atoms with Crippen LogP contribution in [0.15, 0.2) is 48.6 Å². The Labute approximate surface area is 293 Å². The van der Waals surface area contributed by atoms with Crippen molar-refractivity contribution in [2.75, 3.05) is 6.61 Å². The van der Waals surface area contributed by atoms with Crippen LogP contribution >= 0.6 is 0 Å². The summed E-state index contributed by atoms with van der Waals surface area (Å²) in [4.78, 5) is 12.3. The van der Waals surface area contributed by atoms with Crippen molar-refractivity contribution in [3.63, 3.8) is 0 Å². The first-order valence-corrected chi connectivity index (χ1v) is 20.3. The van der Waals surface area contributed by atoms with Gasteiger partial charge >= 0.3 is 0 Å². The van der Waals surface area contributed by atoms with Gasteiger partial charge in [0, 0.05) is 6.42 Å². The van der Waals surface area contributed by atoms with E-state index in [0.29, 0.717) is 19.3 Å². The van der Waals surface area contributed by atoms with Crippen LogP contribution in [0.4, 0.5) is 0 Å². The van der Waals surface area contributed by atoms with Crippen molar-refractivity contribution >= 4 is 5.91 Å². The molecule has 4 nitrogen and oxygen atoms in total. The molecule has 0 aromatic heterocycles. The number of amides is 1. The number of unbranched alkanes of at least 4 members (excludes halogenated alkanes) is 21. The molecule has 0 heterocycles. The standard InChI is InChI=1S/C43H79NO3/c1-3-5-7-9-11-13-15-17-18-19-20-21-22-23-24-25-27-28-30-32-34-36-38-42(46)41(40-45)44-43(47)39-37-35-33-31-29-26-16-14-12-10-8-6-4-2/h6,8,12,14,26,29,33,35,41-42,45-46H,3-5,7,9-11,13,15-25,27-28,30-32,34,36-40H2,1-2H3,(H,44,47)/b8-6-,14-12-,29-26-,35-33-. The van der Waals surface area contributed by atoms with Gasteiger partial charge < -0.3 is 15.5 Å². The maximum absolute atomic E-state index is 12.3. The van der Waals surface area contributed by atoms with Crippen molar-refractivity contribution in [3.8, 4) is 0 Å². The van der Waals surface area contributed by atoms with Crippen LogP contribution in [0, 0.1) is 0 Å². The average molecular weight is 658 g/mol. The number of aliphatic hydroxyl groups is 2. The van der Waals surface area contributed by atoms with Crippen LogP contribution in [-0.4, -0.2) is 34.9 Å². The molecule has 0 aliphatic carbocycles. The molecule has 0 aliphatic rings. The van der Waals surface area contributed by atoms with E-state index >= 15 is 0 Å². The highest BCUT2D eigenvalue weighted by Crippen LogP contribution is 2.16. The minimum atomic E-state index is -0.688. The van der Waals surface area contributed by atoms with Gasteiger partial charge in [-0.25, -0.2) is 0 Å². The quantitative estimate of drug-likeness (QED) is 0.0464. The molecule has 274 valence electrons. The lowest BCUT2D eigenvalue weighted by atomic mass is 10.0. The zero-order valence-corrected chi connectivity index (χ0v) is 31.3. The van der Waals surface area contributed by atoms with Crippen LogP contribution in [0.1, 0.15) is 200 Å². The van der Waals surface area contributed by atoms with Crippen LogP contribution in [0.3, 0.4) is 0 Å². The van der Waals surface area contributed by atoms with Gasteiger partial charge in [0.2, 0.25) is 5.91 Å². The summed E-state index contributed by atoms with van der Waals surface area (Å²) < 4.78 is 0. The Hall–Kier alpha value is -1.65. The number of allylic oxidation sites excluding steroid dienone is 8. The smallest absolute Gasteiger partial charge is 0.220 e. The summed E-state index contributed by atoms with van der Waals surface area (Å²) in [5, 5.41) is 23.0. The molecule has 0 fully saturated rings. The van der Waals surface area contributed by atoms with E-state index in [0.717, 1.165) is 38.5 Å². The van der Waals surface area contributed by atoms with Crippen LogP contribution in [0.2, 0.25) is 0 Å². The Kier molecular flexibility index (Phi) is 37.4. The van der Waals surface area contributed by atoms with Gasteiger partial charge in [-0.15, -0.1) is 0 Å². The van der Waals surface area contributed by atoms with E-state index in [-0.39, 0.29) is 12.5 Å². The highest BCUT2D eigenvalue weighted by atomic mass is 16.3. The molecule has 0 radical (unpaired) electrons. The Morgan fingerprint density at radius 1 is 0.532 bits per heavy atom.